The number of oxazole rings is 1. The van der Waals surface area contributed by atoms with Crippen molar-refractivity contribution in [2.75, 3.05) is 0 Å². The van der Waals surface area contributed by atoms with Crippen LogP contribution in [0.15, 0.2) is 15.4 Å². The number of fused-ring (bicyclic) bond motifs is 1. The molecule has 2 rings (SSSR count). The summed E-state index contributed by atoms with van der Waals surface area (Å²) in [5, 5.41) is 0. The Balaban J connectivity index is 2.98. The van der Waals surface area contributed by atoms with Crippen LogP contribution in [0.4, 0.5) is 0 Å². The Bertz CT molecular complexity index is 483. The van der Waals surface area contributed by atoms with Gasteiger partial charge in [0.1, 0.15) is 5.82 Å². The molecule has 0 bridgehead atoms. The van der Waals surface area contributed by atoms with E-state index >= 15 is 0 Å². The van der Waals surface area contributed by atoms with Crippen molar-refractivity contribution in [1.29, 1.82) is 0 Å². The molecule has 0 atom stereocenters. The Labute approximate surface area is 67.7 Å². The summed E-state index contributed by atoms with van der Waals surface area (Å²) >= 11 is 0. The zero-order chi connectivity index (χ0) is 8.72. The second-order valence-corrected chi connectivity index (χ2v) is 2.53. The molecule has 2 aromatic heterocycles. The van der Waals surface area contributed by atoms with Crippen molar-refractivity contribution in [3.8, 4) is 0 Å². The smallest absolute Gasteiger partial charge is 0.404 e. The third kappa shape index (κ3) is 0.827. The highest BCUT2D eigenvalue weighted by atomic mass is 16.4. The lowest BCUT2D eigenvalue weighted by Gasteiger charge is -1.90. The lowest BCUT2D eigenvalue weighted by Crippen LogP contribution is -2.09. The van der Waals surface area contributed by atoms with Crippen LogP contribution < -0.4 is 5.76 Å². The van der Waals surface area contributed by atoms with Gasteiger partial charge < -0.3 is 4.42 Å². The van der Waals surface area contributed by atoms with Crippen LogP contribution in [0.3, 0.4) is 0 Å². The minimum atomic E-state index is -0.412. The summed E-state index contributed by atoms with van der Waals surface area (Å²) in [6, 6.07) is 0. The minimum absolute atomic E-state index is 0.412. The van der Waals surface area contributed by atoms with Gasteiger partial charge in [0.25, 0.3) is 0 Å². The zero-order valence-electron chi connectivity index (χ0n) is 6.74. The quantitative estimate of drug-likeness (QED) is 0.560. The molecule has 0 aliphatic rings. The Morgan fingerprint density at radius 2 is 2.33 bits per heavy atom. The number of hydrogen-bond acceptors (Lipinski definition) is 4. The van der Waals surface area contributed by atoms with E-state index in [4.69, 9.17) is 4.42 Å². The van der Waals surface area contributed by atoms with E-state index in [1.54, 1.807) is 14.0 Å². The standard InChI is InChI=1S/C7H7N3O2/c1-4-8-3-5-6(9-4)10(2)7(11)12-5/h3H,1-2H3. The summed E-state index contributed by atoms with van der Waals surface area (Å²) in [5.74, 6) is 0.212. The van der Waals surface area contributed by atoms with Crippen LogP contribution in [-0.4, -0.2) is 14.5 Å². The predicted molar refractivity (Wildman–Crippen MR) is 41.8 cm³/mol. The fraction of sp³-hybridized carbons (Fsp3) is 0.286. The topological polar surface area (TPSA) is 60.9 Å². The highest BCUT2D eigenvalue weighted by molar-refractivity contribution is 5.66. The fourth-order valence-corrected chi connectivity index (χ4v) is 1.01. The molecular weight excluding hydrogens is 158 g/mol. The third-order valence-electron chi connectivity index (χ3n) is 1.65. The van der Waals surface area contributed by atoms with Gasteiger partial charge in [-0.05, 0) is 6.92 Å². The molecule has 5 nitrogen and oxygen atoms in total. The van der Waals surface area contributed by atoms with Gasteiger partial charge >= 0.3 is 5.76 Å². The molecule has 0 spiro atoms. The van der Waals surface area contributed by atoms with E-state index in [-0.39, 0.29) is 0 Å². The van der Waals surface area contributed by atoms with Crippen LogP contribution in [-0.2, 0) is 7.05 Å². The fourth-order valence-electron chi connectivity index (χ4n) is 1.01. The summed E-state index contributed by atoms with van der Waals surface area (Å²) in [5.41, 5.74) is 0.959. The van der Waals surface area contributed by atoms with Gasteiger partial charge in [0.05, 0.1) is 6.20 Å². The van der Waals surface area contributed by atoms with Crippen LogP contribution in [0.25, 0.3) is 11.2 Å². The zero-order valence-corrected chi connectivity index (χ0v) is 6.74. The number of hydrogen-bond donors (Lipinski definition) is 0. The van der Waals surface area contributed by atoms with Crippen molar-refractivity contribution in [3.05, 3.63) is 22.6 Å². The minimum Gasteiger partial charge on any atom is -0.404 e. The SMILES string of the molecule is Cc1ncc2oc(=O)n(C)c2n1. The molecule has 0 aliphatic heterocycles. The Morgan fingerprint density at radius 3 is 3.08 bits per heavy atom. The Morgan fingerprint density at radius 1 is 1.58 bits per heavy atom. The predicted octanol–water partition coefficient (Wildman–Crippen LogP) is 0.230. The number of aryl methyl sites for hydroxylation is 2. The Hall–Kier alpha value is -1.65. The van der Waals surface area contributed by atoms with Crippen LogP contribution in [0.5, 0.6) is 0 Å². The Kier molecular flexibility index (Phi) is 1.27. The first-order valence-electron chi connectivity index (χ1n) is 3.47. The van der Waals surface area contributed by atoms with E-state index < -0.39 is 5.76 Å². The molecule has 0 radical (unpaired) electrons. The number of aromatic nitrogens is 3. The molecule has 0 amide bonds. The summed E-state index contributed by atoms with van der Waals surface area (Å²) in [6.07, 6.45) is 1.50. The van der Waals surface area contributed by atoms with E-state index in [2.05, 4.69) is 9.97 Å². The van der Waals surface area contributed by atoms with E-state index in [9.17, 15) is 4.79 Å². The molecule has 0 N–H and O–H groups in total. The van der Waals surface area contributed by atoms with Crippen molar-refractivity contribution >= 4 is 11.2 Å². The van der Waals surface area contributed by atoms with Gasteiger partial charge in [-0.15, -0.1) is 0 Å². The molecule has 0 aromatic carbocycles. The summed E-state index contributed by atoms with van der Waals surface area (Å²) in [7, 11) is 1.61. The molecule has 2 aromatic rings. The van der Waals surface area contributed by atoms with Gasteiger partial charge in [-0.3, -0.25) is 4.57 Å². The average Bonchev–Trinajstić information content (AvgIpc) is 2.31. The van der Waals surface area contributed by atoms with Gasteiger partial charge in [0, 0.05) is 7.05 Å². The van der Waals surface area contributed by atoms with E-state index in [0.717, 1.165) is 0 Å². The van der Waals surface area contributed by atoms with Crippen LogP contribution in [0, 0.1) is 6.92 Å². The second-order valence-electron chi connectivity index (χ2n) is 2.53. The van der Waals surface area contributed by atoms with Gasteiger partial charge in [0.2, 0.25) is 0 Å². The first kappa shape index (κ1) is 7.02. The maximum absolute atomic E-state index is 11.0. The van der Waals surface area contributed by atoms with Crippen molar-refractivity contribution < 1.29 is 4.42 Å². The molecule has 0 saturated carbocycles. The lowest BCUT2D eigenvalue weighted by atomic mass is 10.5. The first-order valence-corrected chi connectivity index (χ1v) is 3.47. The van der Waals surface area contributed by atoms with Crippen molar-refractivity contribution in [2.45, 2.75) is 6.92 Å². The van der Waals surface area contributed by atoms with Crippen molar-refractivity contribution in [2.24, 2.45) is 7.05 Å². The van der Waals surface area contributed by atoms with Gasteiger partial charge in [-0.2, -0.15) is 0 Å². The third-order valence-corrected chi connectivity index (χ3v) is 1.65. The van der Waals surface area contributed by atoms with E-state index in [1.807, 2.05) is 0 Å². The van der Waals surface area contributed by atoms with Gasteiger partial charge in [-0.25, -0.2) is 14.8 Å². The lowest BCUT2D eigenvalue weighted by molar-refractivity contribution is 0.527. The maximum atomic E-state index is 11.0. The van der Waals surface area contributed by atoms with Crippen molar-refractivity contribution in [1.82, 2.24) is 14.5 Å². The average molecular weight is 165 g/mol. The van der Waals surface area contributed by atoms with E-state index in [1.165, 1.54) is 10.8 Å². The molecule has 5 heteroatoms. The molecule has 0 fully saturated rings. The molecule has 0 saturated heterocycles. The maximum Gasteiger partial charge on any atom is 0.420 e. The summed E-state index contributed by atoms with van der Waals surface area (Å²) in [4.78, 5) is 18.9. The molecule has 0 aliphatic carbocycles. The number of rotatable bonds is 0. The molecule has 12 heavy (non-hydrogen) atoms. The van der Waals surface area contributed by atoms with Gasteiger partial charge in [-0.1, -0.05) is 0 Å². The first-order chi connectivity index (χ1) is 5.68. The van der Waals surface area contributed by atoms with Crippen LogP contribution in [0.2, 0.25) is 0 Å². The molecule has 62 valence electrons. The monoisotopic (exact) mass is 165 g/mol. The molecule has 2 heterocycles. The highest BCUT2D eigenvalue weighted by Crippen LogP contribution is 2.06. The largest absolute Gasteiger partial charge is 0.420 e. The molecular formula is C7H7N3O2. The van der Waals surface area contributed by atoms with Crippen LogP contribution >= 0.6 is 0 Å². The van der Waals surface area contributed by atoms with E-state index in [0.29, 0.717) is 17.1 Å². The summed E-state index contributed by atoms with van der Waals surface area (Å²) < 4.78 is 6.19. The second kappa shape index (κ2) is 2.17. The highest BCUT2D eigenvalue weighted by Gasteiger charge is 2.06. The number of nitrogens with zero attached hydrogens (tertiary/aromatic N) is 3. The molecule has 0 unspecified atom stereocenters. The van der Waals surface area contributed by atoms with Gasteiger partial charge in [0.15, 0.2) is 11.2 Å². The normalized spacial score (nSPS) is 10.8. The van der Waals surface area contributed by atoms with Crippen LogP contribution in [0.1, 0.15) is 5.82 Å². The summed E-state index contributed by atoms with van der Waals surface area (Å²) in [6.45, 7) is 1.76. The van der Waals surface area contributed by atoms with Crippen molar-refractivity contribution in [3.63, 3.8) is 0 Å².